The van der Waals surface area contributed by atoms with Crippen molar-refractivity contribution in [2.75, 3.05) is 0 Å². The summed E-state index contributed by atoms with van der Waals surface area (Å²) in [6, 6.07) is 54.1. The zero-order valence-electron chi connectivity index (χ0n) is 25.4. The fraction of sp³-hybridized carbons (Fsp3) is 0.0227. The number of benzene rings is 6. The molecule has 2 nitrogen and oxygen atoms in total. The molecule has 0 atom stereocenters. The van der Waals surface area contributed by atoms with E-state index >= 15 is 0 Å². The van der Waals surface area contributed by atoms with E-state index in [9.17, 15) is 4.79 Å². The standard InChI is InChI=1S/C44H30O2/c1-31-17-23-36(24-18-31)40-41(43(35-15-9-4-10-16-35)44(45)42(40)34-13-7-3-8-14-34)37-25-29-39(30-26-37)46-38-27-21-33(22-28-38)20-19-32-11-5-2-6-12-32/h2-18,21-30H,1H3. The van der Waals surface area contributed by atoms with E-state index in [1.165, 1.54) is 5.56 Å². The van der Waals surface area contributed by atoms with E-state index in [2.05, 4.69) is 43.0 Å². The van der Waals surface area contributed by atoms with Crippen LogP contribution in [0.25, 0.3) is 22.3 Å². The van der Waals surface area contributed by atoms with Gasteiger partial charge in [0.2, 0.25) is 0 Å². The van der Waals surface area contributed by atoms with Crippen LogP contribution >= 0.6 is 0 Å². The molecule has 7 rings (SSSR count). The number of ketones is 1. The van der Waals surface area contributed by atoms with Gasteiger partial charge in [0.25, 0.3) is 0 Å². The van der Waals surface area contributed by atoms with Gasteiger partial charge in [-0.15, -0.1) is 0 Å². The van der Waals surface area contributed by atoms with Crippen molar-refractivity contribution in [2.45, 2.75) is 6.92 Å². The summed E-state index contributed by atoms with van der Waals surface area (Å²) in [5, 5.41) is 0. The molecule has 0 saturated heterocycles. The third-order valence-electron chi connectivity index (χ3n) is 8.03. The maximum absolute atomic E-state index is 14.5. The van der Waals surface area contributed by atoms with Gasteiger partial charge < -0.3 is 4.74 Å². The predicted octanol–water partition coefficient (Wildman–Crippen LogP) is 10.3. The smallest absolute Gasteiger partial charge is 0.195 e. The SMILES string of the molecule is Cc1ccc(C2=C(c3ccccc3)C(=O)C(c3ccccc3)=C2c2ccc(Oc3ccc(C#Cc4ccccc4)cc3)cc2)cc1. The van der Waals surface area contributed by atoms with E-state index in [4.69, 9.17) is 4.74 Å². The zero-order valence-corrected chi connectivity index (χ0v) is 25.4. The Morgan fingerprint density at radius 2 is 0.761 bits per heavy atom. The van der Waals surface area contributed by atoms with Gasteiger partial charge in [0, 0.05) is 33.4 Å². The van der Waals surface area contributed by atoms with Crippen molar-refractivity contribution in [2.24, 2.45) is 0 Å². The maximum Gasteiger partial charge on any atom is 0.195 e. The topological polar surface area (TPSA) is 26.3 Å². The molecule has 1 aliphatic carbocycles. The molecule has 0 spiro atoms. The first kappa shape index (κ1) is 28.6. The van der Waals surface area contributed by atoms with E-state index in [1.807, 2.05) is 140 Å². The van der Waals surface area contributed by atoms with Crippen LogP contribution < -0.4 is 4.74 Å². The largest absolute Gasteiger partial charge is 0.457 e. The highest BCUT2D eigenvalue weighted by molar-refractivity contribution is 6.59. The number of ether oxygens (including phenoxy) is 1. The molecule has 6 aromatic rings. The molecule has 0 aromatic heterocycles. The van der Waals surface area contributed by atoms with Crippen molar-refractivity contribution in [3.8, 4) is 23.3 Å². The first-order valence-electron chi connectivity index (χ1n) is 15.3. The van der Waals surface area contributed by atoms with Gasteiger partial charge in [-0.3, -0.25) is 4.79 Å². The number of rotatable bonds is 6. The molecular formula is C44H30O2. The summed E-state index contributed by atoms with van der Waals surface area (Å²) in [5.74, 6) is 7.86. The van der Waals surface area contributed by atoms with Crippen molar-refractivity contribution >= 4 is 28.1 Å². The minimum Gasteiger partial charge on any atom is -0.457 e. The second-order valence-electron chi connectivity index (χ2n) is 11.2. The van der Waals surface area contributed by atoms with E-state index in [0.717, 1.165) is 50.3 Å². The van der Waals surface area contributed by atoms with E-state index in [0.29, 0.717) is 16.9 Å². The molecule has 0 bridgehead atoms. The van der Waals surface area contributed by atoms with Crippen LogP contribution in [0.1, 0.15) is 38.9 Å². The number of carbonyl (C=O) groups is 1. The zero-order chi connectivity index (χ0) is 31.3. The van der Waals surface area contributed by atoms with Crippen LogP contribution in [0.4, 0.5) is 0 Å². The first-order chi connectivity index (χ1) is 22.6. The maximum atomic E-state index is 14.5. The average molecular weight is 591 g/mol. The lowest BCUT2D eigenvalue weighted by molar-refractivity contribution is -0.108. The Morgan fingerprint density at radius 3 is 1.24 bits per heavy atom. The van der Waals surface area contributed by atoms with Gasteiger partial charge in [-0.25, -0.2) is 0 Å². The number of aryl methyl sites for hydroxylation is 1. The minimum atomic E-state index is 0.0266. The van der Waals surface area contributed by atoms with Gasteiger partial charge in [-0.2, -0.15) is 0 Å². The first-order valence-corrected chi connectivity index (χ1v) is 15.3. The van der Waals surface area contributed by atoms with Crippen molar-refractivity contribution < 1.29 is 9.53 Å². The van der Waals surface area contributed by atoms with Gasteiger partial charge in [0.15, 0.2) is 5.78 Å². The Hall–Kier alpha value is -6.17. The summed E-state index contributed by atoms with van der Waals surface area (Å²) in [4.78, 5) is 14.5. The van der Waals surface area contributed by atoms with Crippen molar-refractivity contribution in [3.63, 3.8) is 0 Å². The van der Waals surface area contributed by atoms with Crippen LogP contribution in [0.2, 0.25) is 0 Å². The summed E-state index contributed by atoms with van der Waals surface area (Å²) in [6.07, 6.45) is 0. The molecule has 0 N–H and O–H groups in total. The highest BCUT2D eigenvalue weighted by atomic mass is 16.5. The lowest BCUT2D eigenvalue weighted by Gasteiger charge is -2.15. The van der Waals surface area contributed by atoms with Gasteiger partial charge in [-0.1, -0.05) is 133 Å². The third kappa shape index (κ3) is 5.95. The summed E-state index contributed by atoms with van der Waals surface area (Å²) in [7, 11) is 0. The van der Waals surface area contributed by atoms with E-state index in [-0.39, 0.29) is 5.78 Å². The van der Waals surface area contributed by atoms with Crippen LogP contribution in [0.3, 0.4) is 0 Å². The van der Waals surface area contributed by atoms with Crippen LogP contribution in [0, 0.1) is 18.8 Å². The molecule has 2 heteroatoms. The minimum absolute atomic E-state index is 0.0266. The number of Topliss-reactive ketones (excluding diaryl/α,β-unsaturated/α-hetero) is 1. The van der Waals surface area contributed by atoms with E-state index < -0.39 is 0 Å². The number of carbonyl (C=O) groups excluding carboxylic acids is 1. The fourth-order valence-corrected chi connectivity index (χ4v) is 5.76. The molecule has 0 saturated carbocycles. The Kier molecular flexibility index (Phi) is 7.97. The molecule has 6 aromatic carbocycles. The third-order valence-corrected chi connectivity index (χ3v) is 8.03. The molecule has 0 radical (unpaired) electrons. The average Bonchev–Trinajstić information content (AvgIpc) is 3.42. The highest BCUT2D eigenvalue weighted by Crippen LogP contribution is 2.49. The molecule has 0 amide bonds. The van der Waals surface area contributed by atoms with Crippen molar-refractivity contribution in [1.82, 2.24) is 0 Å². The van der Waals surface area contributed by atoms with Crippen LogP contribution in [0.5, 0.6) is 11.5 Å². The van der Waals surface area contributed by atoms with Gasteiger partial charge in [-0.05, 0) is 77.7 Å². The highest BCUT2D eigenvalue weighted by Gasteiger charge is 2.35. The number of hydrogen-bond acceptors (Lipinski definition) is 2. The summed E-state index contributed by atoms with van der Waals surface area (Å²) >= 11 is 0. The lowest BCUT2D eigenvalue weighted by atomic mass is 9.89. The normalized spacial score (nSPS) is 12.6. The quantitative estimate of drug-likeness (QED) is 0.180. The van der Waals surface area contributed by atoms with E-state index in [1.54, 1.807) is 0 Å². The lowest BCUT2D eigenvalue weighted by Crippen LogP contribution is -2.01. The fourth-order valence-electron chi connectivity index (χ4n) is 5.76. The summed E-state index contributed by atoms with van der Waals surface area (Å²) < 4.78 is 6.22. The Bertz CT molecular complexity index is 2130. The van der Waals surface area contributed by atoms with Gasteiger partial charge >= 0.3 is 0 Å². The Balaban J connectivity index is 1.26. The number of allylic oxidation sites excluding steroid dienone is 4. The second-order valence-corrected chi connectivity index (χ2v) is 11.2. The summed E-state index contributed by atoms with van der Waals surface area (Å²) in [6.45, 7) is 2.08. The molecule has 218 valence electrons. The Labute approximate surface area is 270 Å². The molecule has 0 unspecified atom stereocenters. The van der Waals surface area contributed by atoms with Crippen LogP contribution in [-0.2, 0) is 4.79 Å². The summed E-state index contributed by atoms with van der Waals surface area (Å²) in [5.41, 5.74) is 10.1. The predicted molar refractivity (Wildman–Crippen MR) is 188 cm³/mol. The molecule has 1 aliphatic rings. The molecular weight excluding hydrogens is 560 g/mol. The monoisotopic (exact) mass is 590 g/mol. The van der Waals surface area contributed by atoms with Gasteiger partial charge in [0.1, 0.15) is 11.5 Å². The van der Waals surface area contributed by atoms with Crippen molar-refractivity contribution in [1.29, 1.82) is 0 Å². The molecule has 46 heavy (non-hydrogen) atoms. The molecule has 0 fully saturated rings. The van der Waals surface area contributed by atoms with Crippen LogP contribution in [0.15, 0.2) is 164 Å². The van der Waals surface area contributed by atoms with Crippen molar-refractivity contribution in [3.05, 3.63) is 203 Å². The Morgan fingerprint density at radius 1 is 0.391 bits per heavy atom. The van der Waals surface area contributed by atoms with Gasteiger partial charge in [0.05, 0.1) is 0 Å². The number of hydrogen-bond donors (Lipinski definition) is 0. The second kappa shape index (κ2) is 12.8. The molecule has 0 aliphatic heterocycles. The van der Waals surface area contributed by atoms with Crippen LogP contribution in [-0.4, -0.2) is 5.78 Å². The molecule has 0 heterocycles.